The van der Waals surface area contributed by atoms with Crippen LogP contribution in [0.4, 0.5) is 0 Å². The Balaban J connectivity index is 0.748. The van der Waals surface area contributed by atoms with Gasteiger partial charge < -0.3 is 0 Å². The third-order valence-electron chi connectivity index (χ3n) is 19.0. The molecular formula is C77H61N. The maximum Gasteiger partial charge on any atom is 0.0702 e. The van der Waals surface area contributed by atoms with Crippen LogP contribution in [-0.2, 0) is 21.7 Å². The molecule has 1 nitrogen and oxygen atoms in total. The molecule has 4 aliphatic carbocycles. The topological polar surface area (TPSA) is 12.9 Å². The van der Waals surface area contributed by atoms with Crippen molar-refractivity contribution in [3.05, 3.63) is 269 Å². The minimum Gasteiger partial charge on any atom is -0.256 e. The number of aromatic nitrogens is 1. The van der Waals surface area contributed by atoms with E-state index in [2.05, 4.69) is 273 Å². The van der Waals surface area contributed by atoms with Crippen LogP contribution in [0.5, 0.6) is 0 Å². The Morgan fingerprint density at radius 2 is 0.513 bits per heavy atom. The molecule has 0 fully saturated rings. The van der Waals surface area contributed by atoms with Gasteiger partial charge in [-0.1, -0.05) is 213 Å². The Kier molecular flexibility index (Phi) is 9.83. The predicted octanol–water partition coefficient (Wildman–Crippen LogP) is 20.3. The molecule has 15 rings (SSSR count). The van der Waals surface area contributed by atoms with E-state index in [0.29, 0.717) is 0 Å². The molecule has 78 heavy (non-hydrogen) atoms. The highest BCUT2D eigenvalue weighted by atomic mass is 14.7. The van der Waals surface area contributed by atoms with Gasteiger partial charge in [-0.25, -0.2) is 0 Å². The van der Waals surface area contributed by atoms with Crippen LogP contribution in [-0.4, -0.2) is 4.98 Å². The molecule has 11 aromatic rings. The van der Waals surface area contributed by atoms with E-state index in [-0.39, 0.29) is 21.7 Å². The molecule has 0 unspecified atom stereocenters. The number of benzene rings is 10. The molecule has 10 aromatic carbocycles. The van der Waals surface area contributed by atoms with Crippen LogP contribution in [0, 0.1) is 0 Å². The van der Waals surface area contributed by atoms with Crippen molar-refractivity contribution < 1.29 is 0 Å². The van der Waals surface area contributed by atoms with Gasteiger partial charge >= 0.3 is 0 Å². The lowest BCUT2D eigenvalue weighted by molar-refractivity contribution is 0.659. The van der Waals surface area contributed by atoms with Crippen LogP contribution in [0.25, 0.3) is 111 Å². The van der Waals surface area contributed by atoms with E-state index in [1.54, 1.807) is 0 Å². The smallest absolute Gasteiger partial charge is 0.0702 e. The maximum absolute atomic E-state index is 4.67. The van der Waals surface area contributed by atoms with Crippen LogP contribution < -0.4 is 0 Å². The van der Waals surface area contributed by atoms with Gasteiger partial charge in [0.15, 0.2) is 0 Å². The van der Waals surface area contributed by atoms with Gasteiger partial charge in [-0.2, -0.15) is 0 Å². The lowest BCUT2D eigenvalue weighted by atomic mass is 9.79. The zero-order chi connectivity index (χ0) is 53.0. The van der Waals surface area contributed by atoms with Crippen molar-refractivity contribution in [3.63, 3.8) is 0 Å². The average Bonchev–Trinajstić information content (AvgIpc) is 4.23. The van der Waals surface area contributed by atoms with Gasteiger partial charge in [0.1, 0.15) is 0 Å². The summed E-state index contributed by atoms with van der Waals surface area (Å²) in [6.45, 7) is 19.2. The van der Waals surface area contributed by atoms with Crippen LogP contribution in [0.2, 0.25) is 0 Å². The second kappa shape index (κ2) is 16.4. The largest absolute Gasteiger partial charge is 0.256 e. The van der Waals surface area contributed by atoms with Crippen molar-refractivity contribution in [2.24, 2.45) is 0 Å². The van der Waals surface area contributed by atoms with Crippen LogP contribution in [0.3, 0.4) is 0 Å². The molecule has 4 aliphatic rings. The van der Waals surface area contributed by atoms with E-state index in [4.69, 9.17) is 0 Å². The minimum atomic E-state index is -0.210. The summed E-state index contributed by atoms with van der Waals surface area (Å²) < 4.78 is 0. The highest BCUT2D eigenvalue weighted by Crippen LogP contribution is 2.56. The quantitative estimate of drug-likeness (QED) is 0.162. The molecule has 1 heteroatoms. The second-order valence-corrected chi connectivity index (χ2v) is 24.7. The van der Waals surface area contributed by atoms with E-state index in [1.807, 2.05) is 12.3 Å². The van der Waals surface area contributed by atoms with Gasteiger partial charge in [0, 0.05) is 33.4 Å². The van der Waals surface area contributed by atoms with E-state index in [1.165, 1.54) is 145 Å². The minimum absolute atomic E-state index is 0.0799. The highest BCUT2D eigenvalue weighted by molar-refractivity contribution is 5.94. The van der Waals surface area contributed by atoms with Gasteiger partial charge in [-0.3, -0.25) is 4.98 Å². The summed E-state index contributed by atoms with van der Waals surface area (Å²) in [5.41, 5.74) is 35.9. The third-order valence-corrected chi connectivity index (χ3v) is 19.0. The van der Waals surface area contributed by atoms with Gasteiger partial charge in [-0.05, 0) is 205 Å². The Morgan fingerprint density at radius 3 is 0.949 bits per heavy atom. The average molecular weight is 1000 g/mol. The normalized spacial score (nSPS) is 15.6. The number of hydrogen-bond acceptors (Lipinski definition) is 1. The Morgan fingerprint density at radius 1 is 0.205 bits per heavy atom. The summed E-state index contributed by atoms with van der Waals surface area (Å²) in [6.07, 6.45) is 1.88. The number of fused-ring (bicyclic) bond motifs is 12. The Bertz CT molecular complexity index is 4350. The molecule has 0 saturated heterocycles. The summed E-state index contributed by atoms with van der Waals surface area (Å²) in [6, 6.07) is 83.1. The van der Waals surface area contributed by atoms with Gasteiger partial charge in [0.25, 0.3) is 0 Å². The molecule has 1 aromatic heterocycles. The molecule has 0 aliphatic heterocycles. The van der Waals surface area contributed by atoms with Crippen molar-refractivity contribution in [2.75, 3.05) is 0 Å². The van der Waals surface area contributed by atoms with Crippen LogP contribution >= 0.6 is 0 Å². The first-order valence-electron chi connectivity index (χ1n) is 27.9. The first kappa shape index (κ1) is 46.6. The highest BCUT2D eigenvalue weighted by Gasteiger charge is 2.40. The lowest BCUT2D eigenvalue weighted by Gasteiger charge is -2.24. The summed E-state index contributed by atoms with van der Waals surface area (Å²) in [5, 5.41) is 0. The molecule has 1 heterocycles. The maximum atomic E-state index is 4.67. The molecule has 0 saturated carbocycles. The predicted molar refractivity (Wildman–Crippen MR) is 327 cm³/mol. The van der Waals surface area contributed by atoms with E-state index in [0.717, 1.165) is 11.3 Å². The second-order valence-electron chi connectivity index (χ2n) is 24.7. The van der Waals surface area contributed by atoms with Crippen LogP contribution in [0.15, 0.2) is 225 Å². The number of hydrogen-bond donors (Lipinski definition) is 0. The van der Waals surface area contributed by atoms with E-state index in [9.17, 15) is 0 Å². The zero-order valence-electron chi connectivity index (χ0n) is 45.8. The number of rotatable bonds is 6. The molecule has 0 bridgehead atoms. The molecule has 374 valence electrons. The van der Waals surface area contributed by atoms with Crippen molar-refractivity contribution in [2.45, 2.75) is 77.0 Å². The fraction of sp³-hybridized carbons (Fsp3) is 0.156. The van der Waals surface area contributed by atoms with Gasteiger partial charge in [-0.15, -0.1) is 0 Å². The summed E-state index contributed by atoms with van der Waals surface area (Å²) in [4.78, 5) is 4.67. The Hall–Kier alpha value is -8.65. The molecule has 0 radical (unpaired) electrons. The van der Waals surface area contributed by atoms with Crippen molar-refractivity contribution in [3.8, 4) is 111 Å². The van der Waals surface area contributed by atoms with Gasteiger partial charge in [0.2, 0.25) is 0 Å². The van der Waals surface area contributed by atoms with Crippen molar-refractivity contribution in [1.82, 2.24) is 4.98 Å². The summed E-state index contributed by atoms with van der Waals surface area (Å²) in [7, 11) is 0. The molecule has 0 spiro atoms. The number of nitrogens with zero attached hydrogens (tertiary/aromatic N) is 1. The third kappa shape index (κ3) is 6.70. The summed E-state index contributed by atoms with van der Waals surface area (Å²) >= 11 is 0. The number of pyridine rings is 1. The first-order valence-corrected chi connectivity index (χ1v) is 27.9. The molecule has 0 amide bonds. The van der Waals surface area contributed by atoms with E-state index >= 15 is 0 Å². The van der Waals surface area contributed by atoms with Gasteiger partial charge in [0.05, 0.1) is 5.69 Å². The molecular weight excluding hydrogens is 939 g/mol. The standard InChI is InChI=1S/C77H61N/c1-74(2)65-19-13-12-18-56(65)57-34-26-52(43-70(57)74)55-29-21-47(46-16-10-9-11-17-46)38-64(55)53-27-35-62-60-32-24-50(41-68(60)76(5,6)71(62)44-53)48-22-30-58-59-31-23-49(40-67(59)75(3,4)66(58)39-48)51-25-33-61-63-36-28-54(73-20-14-15-37-78-73)45-72(63)77(7,8)69(61)42-51/h9-45H,1-8H3. The molecule has 0 N–H and O–H groups in total. The zero-order valence-corrected chi connectivity index (χ0v) is 45.8. The monoisotopic (exact) mass is 999 g/mol. The Labute approximate surface area is 460 Å². The summed E-state index contributed by atoms with van der Waals surface area (Å²) in [5.74, 6) is 0. The fourth-order valence-electron chi connectivity index (χ4n) is 14.5. The van der Waals surface area contributed by atoms with Crippen molar-refractivity contribution >= 4 is 0 Å². The first-order chi connectivity index (χ1) is 37.7. The van der Waals surface area contributed by atoms with Crippen molar-refractivity contribution in [1.29, 1.82) is 0 Å². The van der Waals surface area contributed by atoms with E-state index < -0.39 is 0 Å². The molecule has 0 atom stereocenters. The SMILES string of the molecule is CC1(C)c2cc(-c3ccc4c(c3)C(C)(C)c3cc(-c5ccccn5)ccc3-4)ccc2-c2ccc(-c3ccc4c(c3)C(C)(C)c3cc(-c5cc(-c6ccccc6)ccc5-c5ccc6c(c5)C(C)(C)c5ccccc5-6)ccc3-4)cc21. The lowest BCUT2D eigenvalue weighted by Crippen LogP contribution is -2.16. The van der Waals surface area contributed by atoms with Crippen LogP contribution in [0.1, 0.15) is 99.9 Å². The fourth-order valence-corrected chi connectivity index (χ4v) is 14.5.